The van der Waals surface area contributed by atoms with Gasteiger partial charge in [-0.1, -0.05) is 0 Å². The molecule has 2 N–H and O–H groups in total. The molecule has 2 aliphatic heterocycles. The average Bonchev–Trinajstić information content (AvgIpc) is 2.52. The Hall–Kier alpha value is -1.29. The number of hydrogen-bond donors (Lipinski definition) is 2. The smallest absolute Gasteiger partial charge is 0.149 e. The quantitative estimate of drug-likeness (QED) is 0.697. The number of nitrogens with one attached hydrogen (secondary N) is 2. The summed E-state index contributed by atoms with van der Waals surface area (Å²) in [5.41, 5.74) is 1.45. The molecule has 16 heavy (non-hydrogen) atoms. The second kappa shape index (κ2) is 3.94. The van der Waals surface area contributed by atoms with Crippen LogP contribution in [-0.2, 0) is 4.74 Å². The molecule has 1 aromatic rings. The highest BCUT2D eigenvalue weighted by molar-refractivity contribution is 5.65. The van der Waals surface area contributed by atoms with E-state index < -0.39 is 0 Å². The predicted octanol–water partition coefficient (Wildman–Crippen LogP) is 1.72. The van der Waals surface area contributed by atoms with E-state index in [1.807, 2.05) is 12.3 Å². The van der Waals surface area contributed by atoms with E-state index in [9.17, 15) is 0 Å². The summed E-state index contributed by atoms with van der Waals surface area (Å²) in [6.07, 6.45) is 4.08. The average molecular weight is 219 g/mol. The standard InChI is InChI=1S/C12H17N3O/c1-2-10-11(13-5-1)15-9-12(8-14-10)3-6-16-7-4-12/h1-2,5,14H,3-4,6-9H2,(H,13,15). The predicted molar refractivity (Wildman–Crippen MR) is 63.7 cm³/mol. The molecule has 1 saturated heterocycles. The van der Waals surface area contributed by atoms with Crippen LogP contribution in [0.2, 0.25) is 0 Å². The van der Waals surface area contributed by atoms with Crippen LogP contribution in [0.3, 0.4) is 0 Å². The van der Waals surface area contributed by atoms with E-state index >= 15 is 0 Å². The van der Waals surface area contributed by atoms with Crippen LogP contribution in [0.5, 0.6) is 0 Å². The third-order valence-corrected chi connectivity index (χ3v) is 3.65. The normalized spacial score (nSPS) is 22.8. The van der Waals surface area contributed by atoms with Crippen molar-refractivity contribution in [2.24, 2.45) is 5.41 Å². The van der Waals surface area contributed by atoms with E-state index in [0.29, 0.717) is 5.41 Å². The third kappa shape index (κ3) is 1.73. The molecule has 2 aliphatic rings. The molecule has 0 aromatic carbocycles. The fraction of sp³-hybridized carbons (Fsp3) is 0.583. The number of rotatable bonds is 0. The number of nitrogens with zero attached hydrogens (tertiary/aromatic N) is 1. The zero-order valence-corrected chi connectivity index (χ0v) is 9.33. The van der Waals surface area contributed by atoms with Crippen LogP contribution in [0, 0.1) is 5.41 Å². The van der Waals surface area contributed by atoms with Gasteiger partial charge in [0.25, 0.3) is 0 Å². The van der Waals surface area contributed by atoms with Crippen molar-refractivity contribution >= 4 is 11.5 Å². The molecule has 1 spiro atoms. The molecule has 0 aliphatic carbocycles. The fourth-order valence-corrected chi connectivity index (χ4v) is 2.46. The Morgan fingerprint density at radius 2 is 2.00 bits per heavy atom. The van der Waals surface area contributed by atoms with Gasteiger partial charge in [-0.3, -0.25) is 0 Å². The topological polar surface area (TPSA) is 46.2 Å². The summed E-state index contributed by atoms with van der Waals surface area (Å²) in [7, 11) is 0. The van der Waals surface area contributed by atoms with Crippen molar-refractivity contribution in [3.8, 4) is 0 Å². The molecule has 0 radical (unpaired) electrons. The Morgan fingerprint density at radius 3 is 2.88 bits per heavy atom. The van der Waals surface area contributed by atoms with Gasteiger partial charge in [-0.2, -0.15) is 0 Å². The van der Waals surface area contributed by atoms with E-state index in [0.717, 1.165) is 50.7 Å². The van der Waals surface area contributed by atoms with Crippen LogP contribution in [0.15, 0.2) is 18.3 Å². The molecular formula is C12H17N3O. The summed E-state index contributed by atoms with van der Waals surface area (Å²) >= 11 is 0. The molecule has 4 heteroatoms. The Labute approximate surface area is 95.4 Å². The van der Waals surface area contributed by atoms with Crippen molar-refractivity contribution in [2.75, 3.05) is 36.9 Å². The molecule has 0 saturated carbocycles. The van der Waals surface area contributed by atoms with E-state index in [4.69, 9.17) is 4.74 Å². The first-order valence-electron chi connectivity index (χ1n) is 5.89. The Bertz CT molecular complexity index is 345. The molecule has 0 atom stereocenters. The van der Waals surface area contributed by atoms with Crippen LogP contribution in [-0.4, -0.2) is 31.3 Å². The van der Waals surface area contributed by atoms with Gasteiger partial charge in [0.1, 0.15) is 5.82 Å². The molecule has 0 amide bonds. The maximum Gasteiger partial charge on any atom is 0.149 e. The van der Waals surface area contributed by atoms with Gasteiger partial charge in [0.05, 0.1) is 5.69 Å². The van der Waals surface area contributed by atoms with E-state index in [1.54, 1.807) is 0 Å². The molecule has 3 heterocycles. The summed E-state index contributed by atoms with van der Waals surface area (Å²) in [5.74, 6) is 0.978. The van der Waals surface area contributed by atoms with Gasteiger partial charge in [-0.25, -0.2) is 4.98 Å². The number of aromatic nitrogens is 1. The minimum Gasteiger partial charge on any atom is -0.381 e. The van der Waals surface area contributed by atoms with Gasteiger partial charge in [0, 0.05) is 37.9 Å². The molecule has 0 bridgehead atoms. The zero-order valence-electron chi connectivity index (χ0n) is 9.33. The first-order valence-corrected chi connectivity index (χ1v) is 5.89. The van der Waals surface area contributed by atoms with Crippen molar-refractivity contribution in [2.45, 2.75) is 12.8 Å². The van der Waals surface area contributed by atoms with Crippen molar-refractivity contribution in [3.63, 3.8) is 0 Å². The minimum atomic E-state index is 0.332. The Kier molecular flexibility index (Phi) is 2.44. The second-order valence-electron chi connectivity index (χ2n) is 4.72. The monoisotopic (exact) mass is 219 g/mol. The van der Waals surface area contributed by atoms with E-state index in [-0.39, 0.29) is 0 Å². The lowest BCUT2D eigenvalue weighted by atomic mass is 9.80. The highest BCUT2D eigenvalue weighted by atomic mass is 16.5. The highest BCUT2D eigenvalue weighted by Gasteiger charge is 2.34. The first kappa shape index (κ1) is 9.90. The number of hydrogen-bond acceptors (Lipinski definition) is 4. The molecule has 1 aromatic heterocycles. The maximum absolute atomic E-state index is 5.44. The second-order valence-corrected chi connectivity index (χ2v) is 4.72. The van der Waals surface area contributed by atoms with Crippen molar-refractivity contribution in [3.05, 3.63) is 18.3 Å². The van der Waals surface area contributed by atoms with Crippen LogP contribution in [0.1, 0.15) is 12.8 Å². The summed E-state index contributed by atoms with van der Waals surface area (Å²) in [5, 5.41) is 6.96. The van der Waals surface area contributed by atoms with Crippen molar-refractivity contribution in [1.29, 1.82) is 0 Å². The molecule has 3 rings (SSSR count). The third-order valence-electron chi connectivity index (χ3n) is 3.65. The molecule has 1 fully saturated rings. The summed E-state index contributed by atoms with van der Waals surface area (Å²) in [6, 6.07) is 4.04. The van der Waals surface area contributed by atoms with Gasteiger partial charge in [-0.05, 0) is 25.0 Å². The van der Waals surface area contributed by atoms with Gasteiger partial charge in [0.15, 0.2) is 0 Å². The number of fused-ring (bicyclic) bond motifs is 1. The van der Waals surface area contributed by atoms with Gasteiger partial charge in [0.2, 0.25) is 0 Å². The highest BCUT2D eigenvalue weighted by Crippen LogP contribution is 2.34. The van der Waals surface area contributed by atoms with Crippen LogP contribution in [0.25, 0.3) is 0 Å². The van der Waals surface area contributed by atoms with E-state index in [1.165, 1.54) is 0 Å². The zero-order chi connectivity index (χ0) is 10.8. The molecule has 86 valence electrons. The fourth-order valence-electron chi connectivity index (χ4n) is 2.46. The lowest BCUT2D eigenvalue weighted by Crippen LogP contribution is -2.40. The largest absolute Gasteiger partial charge is 0.381 e. The van der Waals surface area contributed by atoms with E-state index in [2.05, 4.69) is 21.7 Å². The number of ether oxygens (including phenoxy) is 1. The van der Waals surface area contributed by atoms with Gasteiger partial charge >= 0.3 is 0 Å². The lowest BCUT2D eigenvalue weighted by molar-refractivity contribution is 0.0276. The van der Waals surface area contributed by atoms with Crippen molar-refractivity contribution < 1.29 is 4.74 Å². The minimum absolute atomic E-state index is 0.332. The molecule has 4 nitrogen and oxygen atoms in total. The van der Waals surface area contributed by atoms with Gasteiger partial charge in [-0.15, -0.1) is 0 Å². The number of anilines is 2. The summed E-state index contributed by atoms with van der Waals surface area (Å²) < 4.78 is 5.44. The first-order chi connectivity index (χ1) is 7.88. The van der Waals surface area contributed by atoms with Crippen LogP contribution in [0.4, 0.5) is 11.5 Å². The lowest BCUT2D eigenvalue weighted by Gasteiger charge is -2.36. The van der Waals surface area contributed by atoms with Crippen LogP contribution >= 0.6 is 0 Å². The van der Waals surface area contributed by atoms with Crippen LogP contribution < -0.4 is 10.6 Å². The summed E-state index contributed by atoms with van der Waals surface area (Å²) in [6.45, 7) is 3.77. The summed E-state index contributed by atoms with van der Waals surface area (Å²) in [4.78, 5) is 4.35. The maximum atomic E-state index is 5.44. The Balaban J connectivity index is 1.81. The SMILES string of the molecule is c1cnc2c(c1)NCC1(CCOCC1)CN2. The van der Waals surface area contributed by atoms with Gasteiger partial charge < -0.3 is 15.4 Å². The number of pyridine rings is 1. The Morgan fingerprint density at radius 1 is 1.19 bits per heavy atom. The molecular weight excluding hydrogens is 202 g/mol. The molecule has 0 unspecified atom stereocenters. The van der Waals surface area contributed by atoms with Crippen molar-refractivity contribution in [1.82, 2.24) is 4.98 Å².